The van der Waals surface area contributed by atoms with Crippen molar-refractivity contribution in [3.63, 3.8) is 0 Å². The van der Waals surface area contributed by atoms with Crippen molar-refractivity contribution in [1.82, 2.24) is 0 Å². The Balaban J connectivity index is 0.000000317. The molecule has 0 amide bonds. The van der Waals surface area contributed by atoms with E-state index < -0.39 is 6.16 Å². The Labute approximate surface area is 101 Å². The first kappa shape index (κ1) is 13.4. The third-order valence-electron chi connectivity index (χ3n) is 2.89. The van der Waals surface area contributed by atoms with Crippen LogP contribution in [0.25, 0.3) is 0 Å². The minimum Gasteiger partial charge on any atom is -0.450 e. The summed E-state index contributed by atoms with van der Waals surface area (Å²) in [6.07, 6.45) is 2.25. The lowest BCUT2D eigenvalue weighted by Crippen LogP contribution is -2.37. The van der Waals surface area contributed by atoms with Gasteiger partial charge in [0.1, 0.15) is 0 Å². The molecule has 1 aromatic rings. The van der Waals surface area contributed by atoms with Gasteiger partial charge in [-0.2, -0.15) is 0 Å². The molecule has 2 N–H and O–H groups in total. The predicted molar refractivity (Wildman–Crippen MR) is 67.8 cm³/mol. The summed E-state index contributed by atoms with van der Waals surface area (Å²) in [4.78, 5) is 11.1. The molecule has 1 aliphatic heterocycles. The molecule has 2 rings (SSSR count). The first-order valence-electron chi connectivity index (χ1n) is 5.85. The Morgan fingerprint density at radius 3 is 2.35 bits per heavy atom. The Morgan fingerprint density at radius 1 is 1.24 bits per heavy atom. The number of hydrogen-bond acceptors (Lipinski definition) is 2. The van der Waals surface area contributed by atoms with Crippen molar-refractivity contribution in [1.29, 1.82) is 0 Å². The van der Waals surface area contributed by atoms with Crippen LogP contribution in [0, 0.1) is 0 Å². The summed E-state index contributed by atoms with van der Waals surface area (Å²) in [6.45, 7) is 3.55. The van der Waals surface area contributed by atoms with Crippen molar-refractivity contribution < 1.29 is 15.0 Å². The van der Waals surface area contributed by atoms with Gasteiger partial charge in [0.05, 0.1) is 0 Å². The van der Waals surface area contributed by atoms with Gasteiger partial charge in [-0.05, 0) is 38.3 Å². The highest BCUT2D eigenvalue weighted by molar-refractivity contribution is 5.53. The van der Waals surface area contributed by atoms with Crippen LogP contribution in [0.15, 0.2) is 30.3 Å². The van der Waals surface area contributed by atoms with Gasteiger partial charge in [0.25, 0.3) is 0 Å². The summed E-state index contributed by atoms with van der Waals surface area (Å²) < 4.78 is 0. The lowest BCUT2D eigenvalue weighted by Gasteiger charge is -2.35. The standard InChI is InChI=1S/C12H17N.CH2O3/c1-11-7-5-6-10-13(11)12-8-3-2-4-9-12;2-1(3)4/h2-4,8-9,11H,5-7,10H2,1H3;(H2,2,3,4). The van der Waals surface area contributed by atoms with Crippen molar-refractivity contribution in [3.8, 4) is 0 Å². The van der Waals surface area contributed by atoms with Crippen molar-refractivity contribution in [2.24, 2.45) is 0 Å². The largest absolute Gasteiger partial charge is 0.503 e. The molecule has 1 saturated heterocycles. The van der Waals surface area contributed by atoms with Crippen LogP contribution in [0.2, 0.25) is 0 Å². The van der Waals surface area contributed by atoms with Gasteiger partial charge in [-0.25, -0.2) is 4.79 Å². The lowest BCUT2D eigenvalue weighted by molar-refractivity contribution is 0.137. The van der Waals surface area contributed by atoms with Gasteiger partial charge in [0.2, 0.25) is 0 Å². The first-order chi connectivity index (χ1) is 8.11. The minimum absolute atomic E-state index is 0.719. The molecule has 4 nitrogen and oxygen atoms in total. The molecule has 1 aromatic carbocycles. The van der Waals surface area contributed by atoms with Gasteiger partial charge >= 0.3 is 6.16 Å². The predicted octanol–water partition coefficient (Wildman–Crippen LogP) is 3.29. The van der Waals surface area contributed by atoms with E-state index in [-0.39, 0.29) is 0 Å². The highest BCUT2D eigenvalue weighted by Crippen LogP contribution is 2.23. The van der Waals surface area contributed by atoms with Crippen molar-refractivity contribution >= 4 is 11.8 Å². The van der Waals surface area contributed by atoms with Gasteiger partial charge in [0.15, 0.2) is 0 Å². The van der Waals surface area contributed by atoms with Crippen molar-refractivity contribution in [3.05, 3.63) is 30.3 Å². The monoisotopic (exact) mass is 237 g/mol. The zero-order valence-corrected chi connectivity index (χ0v) is 10.0. The van der Waals surface area contributed by atoms with E-state index in [2.05, 4.69) is 42.2 Å². The molecule has 1 unspecified atom stereocenters. The fourth-order valence-electron chi connectivity index (χ4n) is 2.10. The number of anilines is 1. The second-order valence-electron chi connectivity index (χ2n) is 4.16. The van der Waals surface area contributed by atoms with E-state index in [0.717, 1.165) is 6.04 Å². The van der Waals surface area contributed by atoms with Gasteiger partial charge < -0.3 is 15.1 Å². The summed E-state index contributed by atoms with van der Waals surface area (Å²) >= 11 is 0. The number of benzene rings is 1. The molecule has 17 heavy (non-hydrogen) atoms. The maximum absolute atomic E-state index is 8.56. The molecule has 0 aromatic heterocycles. The number of nitrogens with zero attached hydrogens (tertiary/aromatic N) is 1. The quantitative estimate of drug-likeness (QED) is 0.786. The van der Waals surface area contributed by atoms with Gasteiger partial charge in [-0.1, -0.05) is 18.2 Å². The average molecular weight is 237 g/mol. The van der Waals surface area contributed by atoms with Crippen molar-refractivity contribution in [2.75, 3.05) is 11.4 Å². The van der Waals surface area contributed by atoms with Crippen LogP contribution in [-0.4, -0.2) is 29.0 Å². The topological polar surface area (TPSA) is 60.8 Å². The Bertz CT molecular complexity index is 336. The van der Waals surface area contributed by atoms with E-state index >= 15 is 0 Å². The first-order valence-corrected chi connectivity index (χ1v) is 5.85. The number of para-hydroxylation sites is 1. The van der Waals surface area contributed by atoms with E-state index in [1.807, 2.05) is 0 Å². The normalized spacial score (nSPS) is 19.1. The van der Waals surface area contributed by atoms with Crippen LogP contribution in [-0.2, 0) is 0 Å². The molecule has 1 atom stereocenters. The highest BCUT2D eigenvalue weighted by Gasteiger charge is 2.17. The molecular weight excluding hydrogens is 218 g/mol. The van der Waals surface area contributed by atoms with Crippen LogP contribution in [0.1, 0.15) is 26.2 Å². The van der Waals surface area contributed by atoms with E-state index in [1.54, 1.807) is 0 Å². The third-order valence-corrected chi connectivity index (χ3v) is 2.89. The number of piperidine rings is 1. The van der Waals surface area contributed by atoms with E-state index in [4.69, 9.17) is 15.0 Å². The summed E-state index contributed by atoms with van der Waals surface area (Å²) in [5.74, 6) is 0. The van der Waals surface area contributed by atoms with E-state index in [0.29, 0.717) is 0 Å². The molecule has 1 heterocycles. The fraction of sp³-hybridized carbons (Fsp3) is 0.462. The summed E-state index contributed by atoms with van der Waals surface area (Å²) in [5, 5.41) is 13.9. The van der Waals surface area contributed by atoms with Crippen LogP contribution >= 0.6 is 0 Å². The van der Waals surface area contributed by atoms with E-state index in [1.165, 1.54) is 31.5 Å². The molecule has 0 saturated carbocycles. The summed E-state index contributed by atoms with van der Waals surface area (Å²) in [6, 6.07) is 11.5. The molecule has 0 bridgehead atoms. The Hall–Kier alpha value is -1.71. The summed E-state index contributed by atoms with van der Waals surface area (Å²) in [5.41, 5.74) is 1.38. The van der Waals surface area contributed by atoms with Crippen LogP contribution in [0.5, 0.6) is 0 Å². The number of rotatable bonds is 1. The third kappa shape index (κ3) is 4.76. The minimum atomic E-state index is -1.83. The molecule has 0 aliphatic carbocycles. The number of carboxylic acid groups (broad SMARTS) is 2. The highest BCUT2D eigenvalue weighted by atomic mass is 16.6. The molecule has 0 spiro atoms. The SMILES string of the molecule is CC1CCCCN1c1ccccc1.O=C(O)O. The molecular formula is C13H19NO3. The summed E-state index contributed by atoms with van der Waals surface area (Å²) in [7, 11) is 0. The zero-order chi connectivity index (χ0) is 12.7. The Kier molecular flexibility index (Phi) is 5.33. The van der Waals surface area contributed by atoms with Crippen LogP contribution < -0.4 is 4.90 Å². The second-order valence-corrected chi connectivity index (χ2v) is 4.16. The number of carbonyl (C=O) groups is 1. The molecule has 94 valence electrons. The molecule has 0 radical (unpaired) electrons. The van der Waals surface area contributed by atoms with Gasteiger partial charge in [-0.3, -0.25) is 0 Å². The van der Waals surface area contributed by atoms with Crippen LogP contribution in [0.3, 0.4) is 0 Å². The van der Waals surface area contributed by atoms with Crippen molar-refractivity contribution in [2.45, 2.75) is 32.2 Å². The second kappa shape index (κ2) is 6.78. The van der Waals surface area contributed by atoms with Gasteiger partial charge in [0, 0.05) is 18.3 Å². The fourth-order valence-corrected chi connectivity index (χ4v) is 2.10. The molecule has 1 aliphatic rings. The van der Waals surface area contributed by atoms with Gasteiger partial charge in [-0.15, -0.1) is 0 Å². The zero-order valence-electron chi connectivity index (χ0n) is 10.0. The maximum Gasteiger partial charge on any atom is 0.503 e. The smallest absolute Gasteiger partial charge is 0.450 e. The van der Waals surface area contributed by atoms with E-state index in [9.17, 15) is 0 Å². The molecule has 4 heteroatoms. The average Bonchev–Trinajstić information content (AvgIpc) is 2.30. The number of hydrogen-bond donors (Lipinski definition) is 2. The van der Waals surface area contributed by atoms with Crippen LogP contribution in [0.4, 0.5) is 10.5 Å². The lowest BCUT2D eigenvalue weighted by atomic mass is 10.0. The molecule has 1 fully saturated rings. The Morgan fingerprint density at radius 2 is 1.82 bits per heavy atom. The maximum atomic E-state index is 8.56.